The molecule has 128 valence electrons. The fourth-order valence-corrected chi connectivity index (χ4v) is 4.22. The Kier molecular flexibility index (Phi) is 7.26. The zero-order valence-electron chi connectivity index (χ0n) is 13.6. The number of hydrogen-bond donors (Lipinski definition) is 0. The first-order valence-corrected chi connectivity index (χ1v) is 8.90. The fraction of sp³-hybridized carbons (Fsp3) is 0.889. The first-order chi connectivity index (χ1) is 10.6. The van der Waals surface area contributed by atoms with Crippen LogP contribution in [0.1, 0.15) is 64.7 Å². The monoisotopic (exact) mass is 318 g/mol. The molecule has 0 aromatic heterocycles. The van der Waals surface area contributed by atoms with Crippen molar-refractivity contribution in [3.05, 3.63) is 11.9 Å². The van der Waals surface area contributed by atoms with Crippen LogP contribution in [-0.4, -0.2) is 13.2 Å². The molecule has 0 aromatic rings. The van der Waals surface area contributed by atoms with Crippen LogP contribution in [0.4, 0.5) is 13.2 Å². The van der Waals surface area contributed by atoms with Crippen molar-refractivity contribution in [3.63, 3.8) is 0 Å². The largest absolute Gasteiger partial charge is 0.381 e. The van der Waals surface area contributed by atoms with Crippen LogP contribution in [-0.2, 0) is 4.74 Å². The number of allylic oxidation sites excluding steroid dienone is 1. The predicted molar refractivity (Wildman–Crippen MR) is 82.4 cm³/mol. The maximum absolute atomic E-state index is 13.3. The molecule has 4 heteroatoms. The molecule has 0 heterocycles. The summed E-state index contributed by atoms with van der Waals surface area (Å²) in [5.74, 6) is 0.338. The minimum atomic E-state index is -2.11. The first-order valence-electron chi connectivity index (χ1n) is 8.90. The first kappa shape index (κ1) is 17.8. The van der Waals surface area contributed by atoms with Crippen molar-refractivity contribution < 1.29 is 17.9 Å². The summed E-state index contributed by atoms with van der Waals surface area (Å²) in [6.45, 7) is 3.87. The van der Waals surface area contributed by atoms with E-state index in [4.69, 9.17) is 4.74 Å². The number of hydrogen-bond acceptors (Lipinski definition) is 1. The van der Waals surface area contributed by atoms with Gasteiger partial charge in [0.25, 0.3) is 0 Å². The van der Waals surface area contributed by atoms with Crippen LogP contribution >= 0.6 is 0 Å². The summed E-state index contributed by atoms with van der Waals surface area (Å²) in [6.07, 6.45) is 6.86. The van der Waals surface area contributed by atoms with Crippen molar-refractivity contribution in [2.45, 2.75) is 64.7 Å². The smallest absolute Gasteiger partial charge is 0.301 e. The average molecular weight is 318 g/mol. The SMILES string of the molecule is CCCOCC1CCC(C2CCC(C(F)=C(F)F)CC2)CC1. The van der Waals surface area contributed by atoms with Gasteiger partial charge in [0.2, 0.25) is 0 Å². The second kappa shape index (κ2) is 8.95. The molecule has 0 unspecified atom stereocenters. The van der Waals surface area contributed by atoms with Crippen molar-refractivity contribution in [2.24, 2.45) is 23.7 Å². The van der Waals surface area contributed by atoms with E-state index in [0.29, 0.717) is 30.6 Å². The van der Waals surface area contributed by atoms with Gasteiger partial charge in [-0.1, -0.05) is 6.92 Å². The summed E-state index contributed by atoms with van der Waals surface area (Å²) in [5.41, 5.74) is 0. The second-order valence-corrected chi connectivity index (χ2v) is 7.08. The minimum Gasteiger partial charge on any atom is -0.381 e. The molecule has 2 rings (SSSR count). The van der Waals surface area contributed by atoms with E-state index in [0.717, 1.165) is 32.5 Å². The van der Waals surface area contributed by atoms with Gasteiger partial charge in [-0.2, -0.15) is 8.78 Å². The highest BCUT2D eigenvalue weighted by molar-refractivity contribution is 5.00. The molecule has 0 spiro atoms. The van der Waals surface area contributed by atoms with Gasteiger partial charge in [-0.15, -0.1) is 0 Å². The summed E-state index contributed by atoms with van der Waals surface area (Å²) >= 11 is 0. The zero-order chi connectivity index (χ0) is 15.9. The average Bonchev–Trinajstić information content (AvgIpc) is 2.55. The second-order valence-electron chi connectivity index (χ2n) is 7.08. The van der Waals surface area contributed by atoms with Crippen molar-refractivity contribution in [2.75, 3.05) is 13.2 Å². The topological polar surface area (TPSA) is 9.23 Å². The lowest BCUT2D eigenvalue weighted by atomic mass is 9.69. The molecular formula is C18H29F3O. The molecule has 0 aromatic carbocycles. The molecule has 0 amide bonds. The third kappa shape index (κ3) is 5.00. The lowest BCUT2D eigenvalue weighted by Gasteiger charge is -2.37. The minimum absolute atomic E-state index is 0.528. The van der Waals surface area contributed by atoms with Gasteiger partial charge in [0.1, 0.15) is 0 Å². The highest BCUT2D eigenvalue weighted by Gasteiger charge is 2.33. The van der Waals surface area contributed by atoms with E-state index in [9.17, 15) is 13.2 Å². The molecule has 0 radical (unpaired) electrons. The van der Waals surface area contributed by atoms with Crippen LogP contribution in [0.25, 0.3) is 0 Å². The Hall–Kier alpha value is -0.510. The Morgan fingerprint density at radius 1 is 0.864 bits per heavy atom. The van der Waals surface area contributed by atoms with Gasteiger partial charge in [0.05, 0.1) is 0 Å². The van der Waals surface area contributed by atoms with Gasteiger partial charge in [0.15, 0.2) is 5.83 Å². The molecule has 0 aliphatic heterocycles. The van der Waals surface area contributed by atoms with E-state index in [-0.39, 0.29) is 0 Å². The summed E-state index contributed by atoms with van der Waals surface area (Å²) in [6, 6.07) is 0. The third-order valence-electron chi connectivity index (χ3n) is 5.57. The van der Waals surface area contributed by atoms with Crippen molar-refractivity contribution in [3.8, 4) is 0 Å². The van der Waals surface area contributed by atoms with Crippen LogP contribution in [0.2, 0.25) is 0 Å². The van der Waals surface area contributed by atoms with E-state index in [1.54, 1.807) is 0 Å². The van der Waals surface area contributed by atoms with E-state index < -0.39 is 17.8 Å². The molecule has 2 fully saturated rings. The quantitative estimate of drug-likeness (QED) is 0.537. The van der Waals surface area contributed by atoms with Crippen molar-refractivity contribution >= 4 is 0 Å². The van der Waals surface area contributed by atoms with Gasteiger partial charge < -0.3 is 4.74 Å². The van der Waals surface area contributed by atoms with E-state index in [2.05, 4.69) is 6.92 Å². The molecule has 0 N–H and O–H groups in total. The van der Waals surface area contributed by atoms with Gasteiger partial charge in [-0.3, -0.25) is 0 Å². The molecule has 2 aliphatic rings. The molecular weight excluding hydrogens is 289 g/mol. The van der Waals surface area contributed by atoms with Gasteiger partial charge in [0, 0.05) is 19.1 Å². The molecule has 0 atom stereocenters. The van der Waals surface area contributed by atoms with Gasteiger partial charge in [-0.05, 0) is 75.5 Å². The Morgan fingerprint density at radius 2 is 1.41 bits per heavy atom. The van der Waals surface area contributed by atoms with Crippen LogP contribution in [0.5, 0.6) is 0 Å². The molecule has 2 aliphatic carbocycles. The van der Waals surface area contributed by atoms with Crippen LogP contribution in [0, 0.1) is 23.7 Å². The molecule has 1 nitrogen and oxygen atoms in total. The molecule has 0 saturated heterocycles. The highest BCUT2D eigenvalue weighted by atomic mass is 19.3. The summed E-state index contributed by atoms with van der Waals surface area (Å²) in [4.78, 5) is 0. The fourth-order valence-electron chi connectivity index (χ4n) is 4.22. The molecule has 22 heavy (non-hydrogen) atoms. The zero-order valence-corrected chi connectivity index (χ0v) is 13.6. The Morgan fingerprint density at radius 3 is 1.91 bits per heavy atom. The lowest BCUT2D eigenvalue weighted by Crippen LogP contribution is -2.27. The summed E-state index contributed by atoms with van der Waals surface area (Å²) in [5, 5.41) is 0. The Bertz CT molecular complexity index is 349. The number of halogens is 3. The maximum Gasteiger partial charge on any atom is 0.301 e. The lowest BCUT2D eigenvalue weighted by molar-refractivity contribution is 0.0653. The predicted octanol–water partition coefficient (Wildman–Crippen LogP) is 6.10. The maximum atomic E-state index is 13.3. The van der Waals surface area contributed by atoms with Crippen LogP contribution in [0.3, 0.4) is 0 Å². The normalized spacial score (nSPS) is 32.7. The van der Waals surface area contributed by atoms with Crippen LogP contribution < -0.4 is 0 Å². The number of rotatable bonds is 6. The Labute approximate surface area is 132 Å². The molecule has 0 bridgehead atoms. The standard InChI is InChI=1S/C18H29F3O/c1-2-11-22-12-13-3-5-14(6-4-13)15-7-9-16(10-8-15)17(19)18(20)21/h13-16H,2-12H2,1H3. The van der Waals surface area contributed by atoms with Crippen molar-refractivity contribution in [1.29, 1.82) is 0 Å². The highest BCUT2D eigenvalue weighted by Crippen LogP contribution is 2.43. The van der Waals surface area contributed by atoms with E-state index >= 15 is 0 Å². The van der Waals surface area contributed by atoms with Gasteiger partial charge >= 0.3 is 6.08 Å². The van der Waals surface area contributed by atoms with E-state index in [1.165, 1.54) is 25.7 Å². The summed E-state index contributed by atoms with van der Waals surface area (Å²) in [7, 11) is 0. The van der Waals surface area contributed by atoms with Crippen LogP contribution in [0.15, 0.2) is 11.9 Å². The Balaban J connectivity index is 1.69. The van der Waals surface area contributed by atoms with Crippen molar-refractivity contribution in [1.82, 2.24) is 0 Å². The molecule has 2 saturated carbocycles. The van der Waals surface area contributed by atoms with E-state index in [1.807, 2.05) is 0 Å². The van der Waals surface area contributed by atoms with Gasteiger partial charge in [-0.25, -0.2) is 4.39 Å². The summed E-state index contributed by atoms with van der Waals surface area (Å²) < 4.78 is 43.6. The number of ether oxygens (including phenoxy) is 1. The third-order valence-corrected chi connectivity index (χ3v) is 5.57.